The Morgan fingerprint density at radius 3 is 3.00 bits per heavy atom. The molecule has 3 N–H and O–H groups in total. The molecule has 1 unspecified atom stereocenters. The molecular formula is C5H9BNO2S. The summed E-state index contributed by atoms with van der Waals surface area (Å²) in [7, 11) is 2.14. The maximum absolute atomic E-state index is 10.2. The summed E-state index contributed by atoms with van der Waals surface area (Å²) in [5.41, 5.74) is 5.26. The number of hydrogen-bond acceptors (Lipinski definition) is 3. The third-order valence-electron chi connectivity index (χ3n) is 1.24. The van der Waals surface area contributed by atoms with Crippen LogP contribution in [0.2, 0.25) is 6.32 Å². The SMILES string of the molecule is N[C@@H](CSC1[B]C1)C(=O)O. The van der Waals surface area contributed by atoms with Crippen LogP contribution in [0.25, 0.3) is 0 Å². The van der Waals surface area contributed by atoms with Crippen LogP contribution in [0, 0.1) is 0 Å². The van der Waals surface area contributed by atoms with Gasteiger partial charge in [-0.1, -0.05) is 6.32 Å². The molecule has 1 aliphatic heterocycles. The highest BCUT2D eigenvalue weighted by molar-refractivity contribution is 8.02. The zero-order chi connectivity index (χ0) is 7.56. The van der Waals surface area contributed by atoms with Crippen LogP contribution in [0.4, 0.5) is 0 Å². The van der Waals surface area contributed by atoms with E-state index in [1.54, 1.807) is 11.8 Å². The summed E-state index contributed by atoms with van der Waals surface area (Å²) in [6.45, 7) is 0. The van der Waals surface area contributed by atoms with Crippen LogP contribution in [-0.2, 0) is 4.79 Å². The number of carbonyl (C=O) groups is 1. The van der Waals surface area contributed by atoms with Gasteiger partial charge >= 0.3 is 5.97 Å². The van der Waals surface area contributed by atoms with Crippen LogP contribution >= 0.6 is 11.8 Å². The molecule has 1 heterocycles. The first-order chi connectivity index (χ1) is 4.70. The van der Waals surface area contributed by atoms with Crippen LogP contribution in [0.5, 0.6) is 0 Å². The number of aliphatic carboxylic acids is 1. The van der Waals surface area contributed by atoms with E-state index in [4.69, 9.17) is 10.8 Å². The van der Waals surface area contributed by atoms with Crippen molar-refractivity contribution < 1.29 is 9.90 Å². The van der Waals surface area contributed by atoms with E-state index in [9.17, 15) is 4.79 Å². The molecule has 55 valence electrons. The van der Waals surface area contributed by atoms with Crippen molar-refractivity contribution in [1.82, 2.24) is 0 Å². The molecule has 1 saturated heterocycles. The summed E-state index contributed by atoms with van der Waals surface area (Å²) in [6.07, 6.45) is 1.11. The average Bonchev–Trinajstić information content (AvgIpc) is 2.64. The van der Waals surface area contributed by atoms with E-state index < -0.39 is 12.0 Å². The topological polar surface area (TPSA) is 63.3 Å². The van der Waals surface area contributed by atoms with E-state index in [0.29, 0.717) is 10.9 Å². The Morgan fingerprint density at radius 1 is 2.00 bits per heavy atom. The van der Waals surface area contributed by atoms with Gasteiger partial charge < -0.3 is 10.8 Å². The molecule has 1 aliphatic rings. The molecule has 5 heteroatoms. The highest BCUT2D eigenvalue weighted by Crippen LogP contribution is 2.26. The Balaban J connectivity index is 2.05. The molecule has 0 aromatic carbocycles. The monoisotopic (exact) mass is 158 g/mol. The van der Waals surface area contributed by atoms with Crippen molar-refractivity contribution in [3.05, 3.63) is 0 Å². The fourth-order valence-corrected chi connectivity index (χ4v) is 1.47. The van der Waals surface area contributed by atoms with Gasteiger partial charge in [-0.2, -0.15) is 11.8 Å². The van der Waals surface area contributed by atoms with Gasteiger partial charge in [-0.05, 0) is 5.15 Å². The van der Waals surface area contributed by atoms with Crippen molar-refractivity contribution in [3.8, 4) is 0 Å². The summed E-state index contributed by atoms with van der Waals surface area (Å²) in [5.74, 6) is -0.385. The second-order valence-electron chi connectivity index (χ2n) is 2.29. The predicted octanol–water partition coefficient (Wildman–Crippen LogP) is -0.406. The highest BCUT2D eigenvalue weighted by Gasteiger charge is 2.25. The quantitative estimate of drug-likeness (QED) is 0.546. The zero-order valence-electron chi connectivity index (χ0n) is 5.49. The van der Waals surface area contributed by atoms with Gasteiger partial charge in [0, 0.05) is 5.75 Å². The van der Waals surface area contributed by atoms with Crippen LogP contribution < -0.4 is 5.73 Å². The van der Waals surface area contributed by atoms with Crippen LogP contribution in [0.15, 0.2) is 0 Å². The van der Waals surface area contributed by atoms with Gasteiger partial charge in [-0.25, -0.2) is 0 Å². The van der Waals surface area contributed by atoms with Gasteiger partial charge in [0.15, 0.2) is 0 Å². The molecule has 1 radical (unpaired) electrons. The number of thioether (sulfide) groups is 1. The van der Waals surface area contributed by atoms with Gasteiger partial charge in [0.05, 0.1) is 0 Å². The van der Waals surface area contributed by atoms with E-state index in [2.05, 4.69) is 7.28 Å². The molecule has 0 spiro atoms. The van der Waals surface area contributed by atoms with Crippen molar-refractivity contribution in [2.24, 2.45) is 5.73 Å². The molecule has 3 nitrogen and oxygen atoms in total. The molecule has 2 atom stereocenters. The minimum Gasteiger partial charge on any atom is -0.480 e. The number of carboxylic acid groups (broad SMARTS) is 1. The summed E-state index contributed by atoms with van der Waals surface area (Å²) < 4.78 is 0. The van der Waals surface area contributed by atoms with Gasteiger partial charge in [-0.15, -0.1) is 0 Å². The third kappa shape index (κ3) is 2.62. The van der Waals surface area contributed by atoms with Crippen molar-refractivity contribution in [2.45, 2.75) is 17.5 Å². The normalized spacial score (nSPS) is 25.1. The van der Waals surface area contributed by atoms with E-state index in [-0.39, 0.29) is 0 Å². The first-order valence-corrected chi connectivity index (χ1v) is 4.18. The Kier molecular flexibility index (Phi) is 2.62. The van der Waals surface area contributed by atoms with Crippen molar-refractivity contribution in [3.63, 3.8) is 0 Å². The van der Waals surface area contributed by atoms with Gasteiger partial charge in [0.25, 0.3) is 0 Å². The van der Waals surface area contributed by atoms with Gasteiger partial charge in [0.2, 0.25) is 0 Å². The molecule has 0 bridgehead atoms. The zero-order valence-corrected chi connectivity index (χ0v) is 6.30. The van der Waals surface area contributed by atoms with Gasteiger partial charge in [-0.3, -0.25) is 4.79 Å². The van der Waals surface area contributed by atoms with Crippen molar-refractivity contribution in [1.29, 1.82) is 0 Å². The first kappa shape index (κ1) is 7.95. The summed E-state index contributed by atoms with van der Waals surface area (Å²) in [4.78, 5) is 10.2. The number of carboxylic acids is 1. The standard InChI is InChI=1S/C5H9BNO2S/c7-3(5(8)9)2-10-4-1-6-4/h3-4H,1-2,7H2,(H,8,9)/t3-,4?/m0/s1. The molecule has 10 heavy (non-hydrogen) atoms. The lowest BCUT2D eigenvalue weighted by Crippen LogP contribution is -2.32. The van der Waals surface area contributed by atoms with Crippen molar-refractivity contribution in [2.75, 3.05) is 5.75 Å². The summed E-state index contributed by atoms with van der Waals surface area (Å²) >= 11 is 1.62. The molecule has 0 amide bonds. The Bertz CT molecular complexity index is 140. The van der Waals surface area contributed by atoms with Crippen LogP contribution in [0.3, 0.4) is 0 Å². The van der Waals surface area contributed by atoms with Crippen molar-refractivity contribution >= 4 is 25.0 Å². The first-order valence-electron chi connectivity index (χ1n) is 3.13. The van der Waals surface area contributed by atoms with E-state index in [0.717, 1.165) is 6.32 Å². The fourth-order valence-electron chi connectivity index (χ4n) is 0.490. The highest BCUT2D eigenvalue weighted by atomic mass is 32.2. The second-order valence-corrected chi connectivity index (χ2v) is 3.56. The maximum Gasteiger partial charge on any atom is 0.321 e. The van der Waals surface area contributed by atoms with Crippen LogP contribution in [-0.4, -0.2) is 35.3 Å². The number of rotatable bonds is 4. The second kappa shape index (κ2) is 3.30. The van der Waals surface area contributed by atoms with Crippen LogP contribution in [0.1, 0.15) is 0 Å². The summed E-state index contributed by atoms with van der Waals surface area (Å²) in [6, 6.07) is -0.695. The molecule has 0 aromatic heterocycles. The maximum atomic E-state index is 10.2. The minimum atomic E-state index is -0.909. The third-order valence-corrected chi connectivity index (χ3v) is 2.60. The Morgan fingerprint density at radius 2 is 2.60 bits per heavy atom. The Labute approximate surface area is 64.6 Å². The average molecular weight is 158 g/mol. The smallest absolute Gasteiger partial charge is 0.321 e. The number of hydrogen-bond donors (Lipinski definition) is 2. The molecule has 0 aliphatic carbocycles. The van der Waals surface area contributed by atoms with E-state index in [1.807, 2.05) is 0 Å². The predicted molar refractivity (Wildman–Crippen MR) is 42.4 cm³/mol. The lowest BCUT2D eigenvalue weighted by molar-refractivity contribution is -0.137. The van der Waals surface area contributed by atoms with Gasteiger partial charge in [0.1, 0.15) is 13.3 Å². The molecule has 1 rings (SSSR count). The lowest BCUT2D eigenvalue weighted by Gasteiger charge is -2.03. The van der Waals surface area contributed by atoms with E-state index in [1.165, 1.54) is 0 Å². The molecule has 0 aromatic rings. The summed E-state index contributed by atoms with van der Waals surface area (Å²) in [5, 5.41) is 8.94. The van der Waals surface area contributed by atoms with E-state index >= 15 is 0 Å². The largest absolute Gasteiger partial charge is 0.480 e. The lowest BCUT2D eigenvalue weighted by atomic mass is 10.1. The fraction of sp³-hybridized carbons (Fsp3) is 0.800. The molecular weight excluding hydrogens is 149 g/mol. The molecule has 0 saturated carbocycles. The molecule has 1 fully saturated rings. The minimum absolute atomic E-state index is 0.524. The Hall–Kier alpha value is -0.155. The number of nitrogens with two attached hydrogens (primary N) is 1.